The van der Waals surface area contributed by atoms with E-state index in [1.165, 1.54) is 17.4 Å². The summed E-state index contributed by atoms with van der Waals surface area (Å²) in [5.74, 6) is 1.73. The Labute approximate surface area is 228 Å². The molecule has 0 radical (unpaired) electrons. The summed E-state index contributed by atoms with van der Waals surface area (Å²) in [6.45, 7) is 0. The minimum Gasteiger partial charge on any atom is -0.431 e. The van der Waals surface area contributed by atoms with Crippen molar-refractivity contribution in [2.24, 2.45) is 0 Å². The minimum absolute atomic E-state index is 0.544. The van der Waals surface area contributed by atoms with E-state index in [4.69, 9.17) is 9.40 Å². The van der Waals surface area contributed by atoms with Gasteiger partial charge in [0.25, 0.3) is 5.22 Å². The van der Waals surface area contributed by atoms with Gasteiger partial charge in [0.1, 0.15) is 12.0 Å². The molecule has 0 atom stereocenters. The standard InChI is InChI=1S/C34H29NO2S/c36-24-34(29-20-10-8-18-27(29)28-19-9-11-21-30(28)34)22-12-3-13-23-38-33-35-31(25-14-4-1-5-15-25)32(37-33)26-16-6-2-7-17-26/h1-2,4-11,14-21,24H,3,12-13,22-23H2. The van der Waals surface area contributed by atoms with Gasteiger partial charge in [0.15, 0.2) is 5.76 Å². The Bertz CT molecular complexity index is 1440. The average molecular weight is 516 g/mol. The second kappa shape index (κ2) is 10.8. The van der Waals surface area contributed by atoms with Crippen LogP contribution in [0.25, 0.3) is 33.7 Å². The summed E-state index contributed by atoms with van der Waals surface area (Å²) < 4.78 is 6.26. The second-order valence-electron chi connectivity index (χ2n) is 9.73. The smallest absolute Gasteiger partial charge is 0.256 e. The molecule has 1 aliphatic carbocycles. The number of nitrogens with zero attached hydrogens (tertiary/aromatic N) is 1. The lowest BCUT2D eigenvalue weighted by molar-refractivity contribution is -0.111. The van der Waals surface area contributed by atoms with E-state index in [0.29, 0.717) is 5.22 Å². The highest BCUT2D eigenvalue weighted by Crippen LogP contribution is 2.50. The molecule has 6 rings (SSSR count). The summed E-state index contributed by atoms with van der Waals surface area (Å²) >= 11 is 1.66. The van der Waals surface area contributed by atoms with Gasteiger partial charge in [0.2, 0.25) is 0 Å². The fourth-order valence-electron chi connectivity index (χ4n) is 5.60. The summed E-state index contributed by atoms with van der Waals surface area (Å²) in [6, 6.07) is 37.1. The Kier molecular flexibility index (Phi) is 6.98. The number of thioether (sulfide) groups is 1. The first-order valence-electron chi connectivity index (χ1n) is 13.2. The van der Waals surface area contributed by atoms with Crippen LogP contribution in [0.1, 0.15) is 36.8 Å². The molecule has 0 unspecified atom stereocenters. The van der Waals surface area contributed by atoms with E-state index in [1.54, 1.807) is 11.8 Å². The first-order valence-corrected chi connectivity index (χ1v) is 14.2. The second-order valence-corrected chi connectivity index (χ2v) is 10.8. The quantitative estimate of drug-likeness (QED) is 0.106. The van der Waals surface area contributed by atoms with Crippen LogP contribution in [0.3, 0.4) is 0 Å². The molecule has 0 aliphatic heterocycles. The Morgan fingerprint density at radius 1 is 0.684 bits per heavy atom. The van der Waals surface area contributed by atoms with Gasteiger partial charge in [-0.2, -0.15) is 0 Å². The van der Waals surface area contributed by atoms with Crippen molar-refractivity contribution in [3.8, 4) is 33.7 Å². The molecule has 0 bridgehead atoms. The fraction of sp³-hybridized carbons (Fsp3) is 0.176. The lowest BCUT2D eigenvalue weighted by atomic mass is 9.75. The van der Waals surface area contributed by atoms with E-state index in [9.17, 15) is 4.79 Å². The number of carbonyl (C=O) groups is 1. The van der Waals surface area contributed by atoms with Crippen molar-refractivity contribution in [2.45, 2.75) is 36.3 Å². The van der Waals surface area contributed by atoms with Crippen LogP contribution in [0.5, 0.6) is 0 Å². The molecule has 4 aromatic carbocycles. The highest BCUT2D eigenvalue weighted by Gasteiger charge is 2.42. The molecule has 188 valence electrons. The number of oxazole rings is 1. The molecule has 5 aromatic rings. The molecule has 1 aliphatic rings. The van der Waals surface area contributed by atoms with Gasteiger partial charge in [-0.05, 0) is 35.1 Å². The largest absolute Gasteiger partial charge is 0.431 e. The van der Waals surface area contributed by atoms with E-state index in [1.807, 2.05) is 48.5 Å². The van der Waals surface area contributed by atoms with E-state index in [2.05, 4.69) is 60.7 Å². The summed E-state index contributed by atoms with van der Waals surface area (Å²) in [7, 11) is 0. The maximum atomic E-state index is 12.6. The number of aromatic nitrogens is 1. The number of aldehydes is 1. The Balaban J connectivity index is 1.11. The van der Waals surface area contributed by atoms with Crippen molar-refractivity contribution in [3.05, 3.63) is 120 Å². The third kappa shape index (κ3) is 4.50. The Hall–Kier alpha value is -3.89. The van der Waals surface area contributed by atoms with Crippen LogP contribution in [0.2, 0.25) is 0 Å². The molecule has 1 heterocycles. The van der Waals surface area contributed by atoms with Crippen molar-refractivity contribution in [1.29, 1.82) is 0 Å². The van der Waals surface area contributed by atoms with Crippen LogP contribution in [0.15, 0.2) is 119 Å². The predicted molar refractivity (Wildman–Crippen MR) is 155 cm³/mol. The van der Waals surface area contributed by atoms with Crippen LogP contribution in [-0.2, 0) is 10.2 Å². The number of rotatable bonds is 10. The first-order chi connectivity index (χ1) is 18.8. The molecule has 0 spiro atoms. The molecule has 0 N–H and O–H groups in total. The van der Waals surface area contributed by atoms with Crippen molar-refractivity contribution < 1.29 is 9.21 Å². The minimum atomic E-state index is -0.544. The highest BCUT2D eigenvalue weighted by atomic mass is 32.2. The van der Waals surface area contributed by atoms with Crippen LogP contribution in [0, 0.1) is 0 Å². The third-order valence-electron chi connectivity index (χ3n) is 7.44. The lowest BCUT2D eigenvalue weighted by Crippen LogP contribution is -2.27. The molecule has 0 fully saturated rings. The zero-order valence-electron chi connectivity index (χ0n) is 21.2. The highest BCUT2D eigenvalue weighted by molar-refractivity contribution is 7.99. The summed E-state index contributed by atoms with van der Waals surface area (Å²) in [5.41, 5.74) is 7.10. The molecule has 1 aromatic heterocycles. The van der Waals surface area contributed by atoms with E-state index in [0.717, 1.165) is 65.1 Å². The van der Waals surface area contributed by atoms with Gasteiger partial charge < -0.3 is 9.21 Å². The van der Waals surface area contributed by atoms with Crippen LogP contribution in [0.4, 0.5) is 0 Å². The SMILES string of the molecule is O=CC1(CCCCCSc2nc(-c3ccccc3)c(-c3ccccc3)o2)c2ccccc2-c2ccccc21. The Morgan fingerprint density at radius 2 is 1.26 bits per heavy atom. The molecule has 0 amide bonds. The molecule has 4 heteroatoms. The number of hydrogen-bond donors (Lipinski definition) is 0. The molecule has 0 saturated heterocycles. The van der Waals surface area contributed by atoms with E-state index < -0.39 is 5.41 Å². The molecular weight excluding hydrogens is 486 g/mol. The summed E-state index contributed by atoms with van der Waals surface area (Å²) in [6.07, 6.45) is 5.06. The zero-order valence-corrected chi connectivity index (χ0v) is 22.0. The van der Waals surface area contributed by atoms with Crippen molar-refractivity contribution in [2.75, 3.05) is 5.75 Å². The van der Waals surface area contributed by atoms with Crippen LogP contribution < -0.4 is 0 Å². The molecule has 3 nitrogen and oxygen atoms in total. The maximum Gasteiger partial charge on any atom is 0.256 e. The molecule has 0 saturated carbocycles. The molecular formula is C34H29NO2S. The van der Waals surface area contributed by atoms with Gasteiger partial charge in [-0.1, -0.05) is 134 Å². The number of carbonyl (C=O) groups excluding carboxylic acids is 1. The number of benzene rings is 4. The van der Waals surface area contributed by atoms with E-state index >= 15 is 0 Å². The Morgan fingerprint density at radius 3 is 1.89 bits per heavy atom. The summed E-state index contributed by atoms with van der Waals surface area (Å²) in [4.78, 5) is 17.5. The topological polar surface area (TPSA) is 43.1 Å². The fourth-order valence-corrected chi connectivity index (χ4v) is 6.42. The van der Waals surface area contributed by atoms with Gasteiger partial charge in [0.05, 0.1) is 5.41 Å². The van der Waals surface area contributed by atoms with E-state index in [-0.39, 0.29) is 0 Å². The van der Waals surface area contributed by atoms with Gasteiger partial charge in [0, 0.05) is 16.9 Å². The average Bonchev–Trinajstić information content (AvgIpc) is 3.54. The predicted octanol–water partition coefficient (Wildman–Crippen LogP) is 8.83. The lowest BCUT2D eigenvalue weighted by Gasteiger charge is -2.25. The zero-order chi connectivity index (χ0) is 25.8. The normalized spacial score (nSPS) is 13.2. The summed E-state index contributed by atoms with van der Waals surface area (Å²) in [5, 5.41) is 0.700. The number of hydrogen-bond acceptors (Lipinski definition) is 4. The van der Waals surface area contributed by atoms with Crippen molar-refractivity contribution >= 4 is 18.0 Å². The van der Waals surface area contributed by atoms with Gasteiger partial charge in [-0.15, -0.1) is 0 Å². The van der Waals surface area contributed by atoms with Crippen LogP contribution in [-0.4, -0.2) is 17.0 Å². The first kappa shape index (κ1) is 24.4. The molecule has 38 heavy (non-hydrogen) atoms. The third-order valence-corrected chi connectivity index (χ3v) is 8.35. The van der Waals surface area contributed by atoms with Gasteiger partial charge in [-0.25, -0.2) is 4.98 Å². The monoisotopic (exact) mass is 515 g/mol. The number of unbranched alkanes of at least 4 members (excludes halogenated alkanes) is 2. The van der Waals surface area contributed by atoms with Gasteiger partial charge in [-0.3, -0.25) is 0 Å². The van der Waals surface area contributed by atoms with Gasteiger partial charge >= 0.3 is 0 Å². The van der Waals surface area contributed by atoms with Crippen molar-refractivity contribution in [3.63, 3.8) is 0 Å². The van der Waals surface area contributed by atoms with Crippen LogP contribution >= 0.6 is 11.8 Å². The van der Waals surface area contributed by atoms with Crippen molar-refractivity contribution in [1.82, 2.24) is 4.98 Å². The maximum absolute atomic E-state index is 12.6. The number of fused-ring (bicyclic) bond motifs is 3.